The predicted octanol–water partition coefficient (Wildman–Crippen LogP) is 1.92. The zero-order valence-corrected chi connectivity index (χ0v) is 11.9. The number of thioether (sulfide) groups is 1. The van der Waals surface area contributed by atoms with Gasteiger partial charge in [-0.15, -0.1) is 11.8 Å². The van der Waals surface area contributed by atoms with Crippen LogP contribution < -0.4 is 5.32 Å². The summed E-state index contributed by atoms with van der Waals surface area (Å²) in [6, 6.07) is 4.95. The van der Waals surface area contributed by atoms with Gasteiger partial charge in [-0.05, 0) is 17.9 Å². The minimum atomic E-state index is -0.979. The highest BCUT2D eigenvalue weighted by Crippen LogP contribution is 2.29. The minimum Gasteiger partial charge on any atom is -0.478 e. The van der Waals surface area contributed by atoms with Gasteiger partial charge in [0.1, 0.15) is 0 Å². The van der Waals surface area contributed by atoms with Crippen molar-refractivity contribution in [1.82, 2.24) is 0 Å². The van der Waals surface area contributed by atoms with Crippen LogP contribution in [0.15, 0.2) is 23.1 Å². The molecule has 0 spiro atoms. The van der Waals surface area contributed by atoms with Crippen molar-refractivity contribution in [2.75, 3.05) is 31.4 Å². The molecular weight excluding hydrogens is 266 g/mol. The van der Waals surface area contributed by atoms with Gasteiger partial charge in [-0.3, -0.25) is 0 Å². The highest BCUT2D eigenvalue weighted by molar-refractivity contribution is 7.99. The Morgan fingerprint density at radius 3 is 2.79 bits per heavy atom. The van der Waals surface area contributed by atoms with Crippen LogP contribution in [-0.4, -0.2) is 48.3 Å². The van der Waals surface area contributed by atoms with Crippen LogP contribution in [0, 0.1) is 0 Å². The van der Waals surface area contributed by atoms with Gasteiger partial charge in [0.15, 0.2) is 0 Å². The summed E-state index contributed by atoms with van der Waals surface area (Å²) in [5.41, 5.74) is 0.742. The number of anilines is 1. The number of nitrogens with one attached hydrogen (secondary N) is 1. The molecule has 0 bridgehead atoms. The zero-order valence-electron chi connectivity index (χ0n) is 11.0. The first-order valence-corrected chi connectivity index (χ1v) is 6.98. The Bertz CT molecular complexity index is 425. The Morgan fingerprint density at radius 1 is 1.53 bits per heavy atom. The number of methoxy groups -OCH3 is 1. The molecule has 0 radical (unpaired) electrons. The van der Waals surface area contributed by atoms with E-state index in [0.29, 0.717) is 17.2 Å². The number of carboxylic acid groups (broad SMARTS) is 1. The van der Waals surface area contributed by atoms with Gasteiger partial charge in [0, 0.05) is 12.0 Å². The van der Waals surface area contributed by atoms with Crippen LogP contribution >= 0.6 is 11.8 Å². The third-order valence-corrected chi connectivity index (χ3v) is 3.43. The normalized spacial score (nSPS) is 12.2. The third kappa shape index (κ3) is 4.41. The lowest BCUT2D eigenvalue weighted by Crippen LogP contribution is -2.29. The van der Waals surface area contributed by atoms with E-state index >= 15 is 0 Å². The molecule has 0 aliphatic rings. The molecule has 5 nitrogen and oxygen atoms in total. The molecule has 1 rings (SSSR count). The van der Waals surface area contributed by atoms with Crippen molar-refractivity contribution in [3.05, 3.63) is 23.8 Å². The van der Waals surface area contributed by atoms with E-state index in [1.807, 2.05) is 6.92 Å². The van der Waals surface area contributed by atoms with Crippen molar-refractivity contribution in [1.29, 1.82) is 0 Å². The molecule has 3 N–H and O–H groups in total. The van der Waals surface area contributed by atoms with E-state index in [4.69, 9.17) is 4.74 Å². The average molecular weight is 285 g/mol. The summed E-state index contributed by atoms with van der Waals surface area (Å²) < 4.78 is 4.97. The van der Waals surface area contributed by atoms with Crippen LogP contribution in [0.2, 0.25) is 0 Å². The molecule has 0 amide bonds. The molecule has 0 aliphatic heterocycles. The van der Waals surface area contributed by atoms with Crippen molar-refractivity contribution in [3.8, 4) is 0 Å². The lowest BCUT2D eigenvalue weighted by molar-refractivity contribution is 0.0694. The third-order valence-electron chi connectivity index (χ3n) is 2.49. The maximum atomic E-state index is 11.4. The highest BCUT2D eigenvalue weighted by atomic mass is 32.2. The number of aliphatic hydroxyl groups excluding tert-OH is 1. The quantitative estimate of drug-likeness (QED) is 0.633. The van der Waals surface area contributed by atoms with Crippen molar-refractivity contribution < 1.29 is 19.7 Å². The highest BCUT2D eigenvalue weighted by Gasteiger charge is 2.17. The van der Waals surface area contributed by atoms with Gasteiger partial charge in [0.25, 0.3) is 0 Å². The van der Waals surface area contributed by atoms with Gasteiger partial charge in [-0.25, -0.2) is 4.79 Å². The van der Waals surface area contributed by atoms with E-state index in [1.54, 1.807) is 18.2 Å². The van der Waals surface area contributed by atoms with Crippen LogP contribution in [-0.2, 0) is 4.74 Å². The Hall–Kier alpha value is -1.24. The second kappa shape index (κ2) is 8.04. The molecule has 1 unspecified atom stereocenters. The van der Waals surface area contributed by atoms with Crippen LogP contribution in [0.4, 0.5) is 5.69 Å². The Balaban J connectivity index is 3.04. The van der Waals surface area contributed by atoms with Gasteiger partial charge in [0.2, 0.25) is 0 Å². The van der Waals surface area contributed by atoms with Gasteiger partial charge in [-0.1, -0.05) is 13.0 Å². The fourth-order valence-corrected chi connectivity index (χ4v) is 2.54. The minimum absolute atomic E-state index is 0.127. The average Bonchev–Trinajstić information content (AvgIpc) is 2.38. The van der Waals surface area contributed by atoms with Gasteiger partial charge >= 0.3 is 5.97 Å². The topological polar surface area (TPSA) is 78.8 Å². The molecule has 0 heterocycles. The van der Waals surface area contributed by atoms with Gasteiger partial charge in [0.05, 0.1) is 30.5 Å². The summed E-state index contributed by atoms with van der Waals surface area (Å²) in [7, 11) is 1.53. The van der Waals surface area contributed by atoms with E-state index in [0.717, 1.165) is 5.75 Å². The molecule has 1 atom stereocenters. The van der Waals surface area contributed by atoms with Crippen LogP contribution in [0.3, 0.4) is 0 Å². The van der Waals surface area contributed by atoms with E-state index in [-0.39, 0.29) is 18.2 Å². The first-order chi connectivity index (χ1) is 9.13. The summed E-state index contributed by atoms with van der Waals surface area (Å²) in [6.07, 6.45) is 0. The van der Waals surface area contributed by atoms with Gasteiger partial charge in [-0.2, -0.15) is 0 Å². The molecular formula is C13H19NO4S. The summed E-state index contributed by atoms with van der Waals surface area (Å²) in [4.78, 5) is 12.1. The molecule has 0 saturated carbocycles. The van der Waals surface area contributed by atoms with E-state index < -0.39 is 5.97 Å². The van der Waals surface area contributed by atoms with Crippen LogP contribution in [0.1, 0.15) is 17.3 Å². The van der Waals surface area contributed by atoms with Crippen LogP contribution in [0.25, 0.3) is 0 Å². The summed E-state index contributed by atoms with van der Waals surface area (Å²) in [6.45, 7) is 2.15. The smallest absolute Gasteiger partial charge is 0.338 e. The Morgan fingerprint density at radius 2 is 2.26 bits per heavy atom. The van der Waals surface area contributed by atoms with Crippen molar-refractivity contribution in [2.24, 2.45) is 0 Å². The molecule has 6 heteroatoms. The number of ether oxygens (including phenoxy) is 1. The second-order valence-electron chi connectivity index (χ2n) is 3.90. The lowest BCUT2D eigenvalue weighted by Gasteiger charge is -2.19. The lowest BCUT2D eigenvalue weighted by atomic mass is 10.1. The largest absolute Gasteiger partial charge is 0.478 e. The zero-order chi connectivity index (χ0) is 14.3. The predicted molar refractivity (Wildman–Crippen MR) is 76.2 cm³/mol. The summed E-state index contributed by atoms with van der Waals surface area (Å²) in [5, 5.41) is 21.6. The summed E-state index contributed by atoms with van der Waals surface area (Å²) in [5.74, 6) is -0.182. The molecule has 0 saturated heterocycles. The molecule has 1 aromatic rings. The Kier molecular flexibility index (Phi) is 6.69. The maximum Gasteiger partial charge on any atom is 0.338 e. The molecule has 1 aromatic carbocycles. The van der Waals surface area contributed by atoms with Crippen LogP contribution in [0.5, 0.6) is 0 Å². The standard InChI is InChI=1S/C13H19NO4S/c1-3-19-11-6-4-5-10(12(11)13(16)17)14-9(7-15)8-18-2/h4-6,9,14-15H,3,7-8H2,1-2H3,(H,16,17). The van der Waals surface area contributed by atoms with E-state index in [1.165, 1.54) is 18.9 Å². The maximum absolute atomic E-state index is 11.4. The molecule has 19 heavy (non-hydrogen) atoms. The molecule has 106 valence electrons. The number of aliphatic hydroxyl groups is 1. The Labute approximate surface area is 117 Å². The summed E-state index contributed by atoms with van der Waals surface area (Å²) >= 11 is 1.48. The van der Waals surface area contributed by atoms with Gasteiger partial charge < -0.3 is 20.3 Å². The number of carboxylic acids is 1. The number of carbonyl (C=O) groups is 1. The number of benzene rings is 1. The fraction of sp³-hybridized carbons (Fsp3) is 0.462. The molecule has 0 fully saturated rings. The second-order valence-corrected chi connectivity index (χ2v) is 5.20. The van der Waals surface area contributed by atoms with E-state index in [9.17, 15) is 15.0 Å². The van der Waals surface area contributed by atoms with Crippen molar-refractivity contribution >= 4 is 23.4 Å². The fourth-order valence-electron chi connectivity index (χ4n) is 1.71. The number of aromatic carboxylic acids is 1. The van der Waals surface area contributed by atoms with E-state index in [2.05, 4.69) is 5.32 Å². The molecule has 0 aliphatic carbocycles. The number of hydrogen-bond donors (Lipinski definition) is 3. The SMILES string of the molecule is CCSc1cccc(NC(CO)COC)c1C(=O)O. The van der Waals surface area contributed by atoms with Crippen molar-refractivity contribution in [3.63, 3.8) is 0 Å². The monoisotopic (exact) mass is 285 g/mol. The van der Waals surface area contributed by atoms with Crippen molar-refractivity contribution in [2.45, 2.75) is 17.9 Å². The number of hydrogen-bond acceptors (Lipinski definition) is 5. The number of rotatable bonds is 8. The molecule has 0 aromatic heterocycles. The first-order valence-electron chi connectivity index (χ1n) is 5.99. The first kappa shape index (κ1) is 15.8.